The van der Waals surface area contributed by atoms with Crippen molar-refractivity contribution in [1.82, 2.24) is 5.43 Å². The van der Waals surface area contributed by atoms with Crippen LogP contribution in [0.25, 0.3) is 10.8 Å². The van der Waals surface area contributed by atoms with E-state index in [1.807, 2.05) is 48.5 Å². The summed E-state index contributed by atoms with van der Waals surface area (Å²) in [5.41, 5.74) is 9.68. The number of thiocarbonyl (C=S) groups is 1. The summed E-state index contributed by atoms with van der Waals surface area (Å²) in [4.78, 5) is 0. The third kappa shape index (κ3) is 4.49. The Morgan fingerprint density at radius 1 is 1.12 bits per heavy atom. The molecule has 3 aromatic rings. The molecule has 3 N–H and O–H groups in total. The van der Waals surface area contributed by atoms with Crippen molar-refractivity contribution in [2.75, 3.05) is 7.11 Å². The lowest BCUT2D eigenvalue weighted by atomic mass is 10.1. The van der Waals surface area contributed by atoms with E-state index in [0.29, 0.717) is 6.61 Å². The van der Waals surface area contributed by atoms with Crippen molar-refractivity contribution < 1.29 is 9.47 Å². The minimum atomic E-state index is 0.120. The molecule has 0 aliphatic heterocycles. The van der Waals surface area contributed by atoms with Crippen molar-refractivity contribution in [2.24, 2.45) is 10.8 Å². The summed E-state index contributed by atoms with van der Waals surface area (Å²) in [6.07, 6.45) is 1.64. The summed E-state index contributed by atoms with van der Waals surface area (Å²) in [5.74, 6) is 1.56. The molecular weight excluding hydrogens is 346 g/mol. The van der Waals surface area contributed by atoms with Crippen LogP contribution in [-0.4, -0.2) is 18.4 Å². The van der Waals surface area contributed by atoms with Gasteiger partial charge in [-0.3, -0.25) is 5.43 Å². The molecule has 3 rings (SSSR count). The van der Waals surface area contributed by atoms with E-state index in [4.69, 9.17) is 27.4 Å². The minimum absolute atomic E-state index is 0.120. The summed E-state index contributed by atoms with van der Waals surface area (Å²) in [7, 11) is 1.64. The van der Waals surface area contributed by atoms with Crippen LogP contribution in [0.15, 0.2) is 65.8 Å². The summed E-state index contributed by atoms with van der Waals surface area (Å²) in [6, 6.07) is 19.9. The SMILES string of the molecule is COc1ccc(C=NNC(N)=S)cc1COc1ccc2ccccc2c1. The fourth-order valence-corrected chi connectivity index (χ4v) is 2.63. The highest BCUT2D eigenvalue weighted by atomic mass is 32.1. The molecule has 0 bridgehead atoms. The Bertz CT molecular complexity index is 957. The average Bonchev–Trinajstić information content (AvgIpc) is 2.66. The number of methoxy groups -OCH3 is 1. The lowest BCUT2D eigenvalue weighted by Gasteiger charge is -2.12. The minimum Gasteiger partial charge on any atom is -0.496 e. The van der Waals surface area contributed by atoms with Gasteiger partial charge in [-0.2, -0.15) is 5.10 Å². The molecule has 0 radical (unpaired) electrons. The molecule has 0 saturated carbocycles. The third-order valence-electron chi connectivity index (χ3n) is 3.81. The van der Waals surface area contributed by atoms with Crippen molar-refractivity contribution in [2.45, 2.75) is 6.61 Å². The molecule has 0 aromatic heterocycles. The van der Waals surface area contributed by atoms with E-state index >= 15 is 0 Å². The molecular formula is C20H19N3O2S. The quantitative estimate of drug-likeness (QED) is 0.397. The van der Waals surface area contributed by atoms with Gasteiger partial charge in [0.1, 0.15) is 18.1 Å². The Balaban J connectivity index is 1.76. The number of hydrogen-bond donors (Lipinski definition) is 2. The zero-order valence-corrected chi connectivity index (χ0v) is 15.1. The van der Waals surface area contributed by atoms with E-state index in [0.717, 1.165) is 28.0 Å². The lowest BCUT2D eigenvalue weighted by molar-refractivity contribution is 0.297. The summed E-state index contributed by atoms with van der Waals surface area (Å²) < 4.78 is 11.4. The van der Waals surface area contributed by atoms with Gasteiger partial charge < -0.3 is 15.2 Å². The normalized spacial score (nSPS) is 10.8. The van der Waals surface area contributed by atoms with E-state index in [1.165, 1.54) is 5.39 Å². The predicted octanol–water partition coefficient (Wildman–Crippen LogP) is 3.59. The third-order valence-corrected chi connectivity index (χ3v) is 3.90. The molecule has 0 atom stereocenters. The summed E-state index contributed by atoms with van der Waals surface area (Å²) in [6.45, 7) is 0.381. The molecule has 0 unspecified atom stereocenters. The largest absolute Gasteiger partial charge is 0.496 e. The van der Waals surface area contributed by atoms with Gasteiger partial charge in [0.05, 0.1) is 13.3 Å². The average molecular weight is 365 g/mol. The molecule has 0 fully saturated rings. The van der Waals surface area contributed by atoms with Crippen molar-refractivity contribution in [3.63, 3.8) is 0 Å². The highest BCUT2D eigenvalue weighted by Gasteiger charge is 2.06. The summed E-state index contributed by atoms with van der Waals surface area (Å²) >= 11 is 4.72. The molecule has 132 valence electrons. The molecule has 0 aliphatic rings. The second-order valence-corrected chi connectivity index (χ2v) is 6.04. The van der Waals surface area contributed by atoms with Gasteiger partial charge in [0.2, 0.25) is 0 Å². The Hall–Kier alpha value is -3.12. The lowest BCUT2D eigenvalue weighted by Crippen LogP contribution is -2.24. The van der Waals surface area contributed by atoms with Crippen LogP contribution in [0.1, 0.15) is 11.1 Å². The second-order valence-electron chi connectivity index (χ2n) is 5.60. The van der Waals surface area contributed by atoms with Crippen LogP contribution in [0.3, 0.4) is 0 Å². The Labute approximate surface area is 157 Å². The van der Waals surface area contributed by atoms with Gasteiger partial charge in [-0.1, -0.05) is 30.3 Å². The van der Waals surface area contributed by atoms with Gasteiger partial charge in [-0.05, 0) is 58.9 Å². The van der Waals surface area contributed by atoms with Crippen LogP contribution in [0, 0.1) is 0 Å². The van der Waals surface area contributed by atoms with Crippen LogP contribution in [0.2, 0.25) is 0 Å². The molecule has 3 aromatic carbocycles. The number of ether oxygens (including phenoxy) is 2. The van der Waals surface area contributed by atoms with Crippen molar-refractivity contribution >= 4 is 34.3 Å². The smallest absolute Gasteiger partial charge is 0.184 e. The molecule has 0 aliphatic carbocycles. The predicted molar refractivity (Wildman–Crippen MR) is 109 cm³/mol. The van der Waals surface area contributed by atoms with Crippen LogP contribution in [0.4, 0.5) is 0 Å². The van der Waals surface area contributed by atoms with E-state index in [9.17, 15) is 0 Å². The fraction of sp³-hybridized carbons (Fsp3) is 0.100. The fourth-order valence-electron chi connectivity index (χ4n) is 2.58. The van der Waals surface area contributed by atoms with Crippen LogP contribution < -0.4 is 20.6 Å². The van der Waals surface area contributed by atoms with Gasteiger partial charge in [-0.15, -0.1) is 0 Å². The molecule has 6 heteroatoms. The van der Waals surface area contributed by atoms with Crippen molar-refractivity contribution in [3.05, 3.63) is 71.8 Å². The number of nitrogens with one attached hydrogen (secondary N) is 1. The molecule has 0 saturated heterocycles. The van der Waals surface area contributed by atoms with Gasteiger partial charge in [-0.25, -0.2) is 0 Å². The second kappa shape index (κ2) is 8.31. The standard InChI is InChI=1S/C20H19N3O2S/c1-24-19-9-6-14(12-22-23-20(21)26)10-17(19)13-25-18-8-7-15-4-2-3-5-16(15)11-18/h2-12H,13H2,1H3,(H3,21,23,26). The first-order chi connectivity index (χ1) is 12.7. The van der Waals surface area contributed by atoms with Gasteiger partial charge in [0.15, 0.2) is 5.11 Å². The molecule has 26 heavy (non-hydrogen) atoms. The Kier molecular flexibility index (Phi) is 5.66. The first kappa shape index (κ1) is 17.7. The number of nitrogens with zero attached hydrogens (tertiary/aromatic N) is 1. The molecule has 5 nitrogen and oxygen atoms in total. The number of hydrazone groups is 1. The zero-order chi connectivity index (χ0) is 18.4. The van der Waals surface area contributed by atoms with Crippen molar-refractivity contribution in [1.29, 1.82) is 0 Å². The highest BCUT2D eigenvalue weighted by molar-refractivity contribution is 7.80. The first-order valence-electron chi connectivity index (χ1n) is 8.03. The van der Waals surface area contributed by atoms with Gasteiger partial charge >= 0.3 is 0 Å². The first-order valence-corrected chi connectivity index (χ1v) is 8.43. The van der Waals surface area contributed by atoms with Crippen molar-refractivity contribution in [3.8, 4) is 11.5 Å². The summed E-state index contributed by atoms with van der Waals surface area (Å²) in [5, 5.41) is 6.41. The number of nitrogens with two attached hydrogens (primary N) is 1. The number of fused-ring (bicyclic) bond motifs is 1. The van der Waals surface area contributed by atoms with Gasteiger partial charge in [0, 0.05) is 5.56 Å². The topological polar surface area (TPSA) is 68.9 Å². The van der Waals surface area contributed by atoms with Crippen LogP contribution >= 0.6 is 12.2 Å². The van der Waals surface area contributed by atoms with Crippen LogP contribution in [0.5, 0.6) is 11.5 Å². The number of benzene rings is 3. The number of hydrogen-bond acceptors (Lipinski definition) is 4. The van der Waals surface area contributed by atoms with E-state index in [1.54, 1.807) is 13.3 Å². The Morgan fingerprint density at radius 2 is 1.92 bits per heavy atom. The van der Waals surface area contributed by atoms with Gasteiger partial charge in [0.25, 0.3) is 0 Å². The molecule has 0 spiro atoms. The molecule has 0 amide bonds. The maximum absolute atomic E-state index is 5.96. The zero-order valence-electron chi connectivity index (χ0n) is 14.3. The Morgan fingerprint density at radius 3 is 2.69 bits per heavy atom. The maximum Gasteiger partial charge on any atom is 0.184 e. The number of rotatable bonds is 6. The highest BCUT2D eigenvalue weighted by Crippen LogP contribution is 2.24. The maximum atomic E-state index is 5.96. The molecule has 0 heterocycles. The van der Waals surface area contributed by atoms with E-state index < -0.39 is 0 Å². The monoisotopic (exact) mass is 365 g/mol. The van der Waals surface area contributed by atoms with Crippen LogP contribution in [-0.2, 0) is 6.61 Å². The van der Waals surface area contributed by atoms with E-state index in [-0.39, 0.29) is 5.11 Å². The van der Waals surface area contributed by atoms with E-state index in [2.05, 4.69) is 22.7 Å².